The lowest BCUT2D eigenvalue weighted by atomic mass is 9.94. The van der Waals surface area contributed by atoms with Crippen molar-refractivity contribution in [1.82, 2.24) is 9.97 Å². The smallest absolute Gasteiger partial charge is 0.358 e. The van der Waals surface area contributed by atoms with Crippen LogP contribution in [0.5, 0.6) is 0 Å². The molecular formula is C20H26N2O2. The van der Waals surface area contributed by atoms with Gasteiger partial charge in [-0.3, -0.25) is 0 Å². The van der Waals surface area contributed by atoms with Gasteiger partial charge < -0.3 is 9.72 Å². The molecule has 0 saturated heterocycles. The highest BCUT2D eigenvalue weighted by Gasteiger charge is 2.22. The molecule has 0 atom stereocenters. The van der Waals surface area contributed by atoms with Crippen LogP contribution in [0.2, 0.25) is 0 Å². The second kappa shape index (κ2) is 8.13. The largest absolute Gasteiger partial charge is 0.461 e. The molecule has 0 radical (unpaired) electrons. The van der Waals surface area contributed by atoms with Crippen molar-refractivity contribution in [1.29, 1.82) is 0 Å². The minimum atomic E-state index is -0.320. The highest BCUT2D eigenvalue weighted by molar-refractivity contribution is 5.89. The van der Waals surface area contributed by atoms with Crippen molar-refractivity contribution >= 4 is 5.97 Å². The number of ether oxygens (including phenoxy) is 1. The predicted octanol–water partition coefficient (Wildman–Crippen LogP) is 4.77. The van der Waals surface area contributed by atoms with Gasteiger partial charge in [0.05, 0.1) is 12.3 Å². The molecule has 0 spiro atoms. The van der Waals surface area contributed by atoms with Crippen molar-refractivity contribution in [2.75, 3.05) is 6.61 Å². The van der Waals surface area contributed by atoms with Gasteiger partial charge in [-0.15, -0.1) is 0 Å². The molecule has 0 aliphatic heterocycles. The van der Waals surface area contributed by atoms with E-state index in [2.05, 4.69) is 9.97 Å². The molecule has 0 unspecified atom stereocenters. The Kier molecular flexibility index (Phi) is 5.68. The Bertz CT molecular complexity index is 656. The summed E-state index contributed by atoms with van der Waals surface area (Å²) in [4.78, 5) is 20.3. The lowest BCUT2D eigenvalue weighted by Crippen LogP contribution is -2.11. The molecule has 1 saturated carbocycles. The molecule has 0 bridgehead atoms. The molecule has 1 fully saturated rings. The second-order valence-corrected chi connectivity index (χ2v) is 6.56. The number of carbonyl (C=O) groups is 1. The number of aromatic amines is 1. The Labute approximate surface area is 143 Å². The zero-order valence-electron chi connectivity index (χ0n) is 14.4. The summed E-state index contributed by atoms with van der Waals surface area (Å²) in [5, 5.41) is 0. The molecule has 1 aromatic carbocycles. The van der Waals surface area contributed by atoms with E-state index in [-0.39, 0.29) is 5.97 Å². The number of hydrogen-bond donors (Lipinski definition) is 1. The van der Waals surface area contributed by atoms with Gasteiger partial charge in [0.1, 0.15) is 5.82 Å². The summed E-state index contributed by atoms with van der Waals surface area (Å²) >= 11 is 0. The first-order valence-corrected chi connectivity index (χ1v) is 9.09. The summed E-state index contributed by atoms with van der Waals surface area (Å²) in [5.74, 6) is 1.06. The highest BCUT2D eigenvalue weighted by atomic mass is 16.5. The van der Waals surface area contributed by atoms with Crippen molar-refractivity contribution in [3.63, 3.8) is 0 Å². The first-order valence-electron chi connectivity index (χ1n) is 9.09. The number of carbonyl (C=O) groups excluding carboxylic acids is 1. The third kappa shape index (κ3) is 4.05. The molecule has 128 valence electrons. The highest BCUT2D eigenvalue weighted by Crippen LogP contribution is 2.28. The van der Waals surface area contributed by atoms with Gasteiger partial charge in [0.2, 0.25) is 0 Å². The Hall–Kier alpha value is -2.10. The molecule has 0 amide bonds. The summed E-state index contributed by atoms with van der Waals surface area (Å²) in [6.07, 6.45) is 8.61. The number of H-pyrrole nitrogens is 1. The van der Waals surface area contributed by atoms with E-state index in [0.717, 1.165) is 23.5 Å². The lowest BCUT2D eigenvalue weighted by molar-refractivity contribution is 0.0518. The fourth-order valence-electron chi connectivity index (χ4n) is 3.51. The van der Waals surface area contributed by atoms with Gasteiger partial charge in [0, 0.05) is 5.56 Å². The lowest BCUT2D eigenvalue weighted by Gasteiger charge is -2.13. The van der Waals surface area contributed by atoms with Crippen LogP contribution < -0.4 is 0 Å². The van der Waals surface area contributed by atoms with Gasteiger partial charge in [-0.1, -0.05) is 68.9 Å². The number of rotatable bonds is 5. The predicted molar refractivity (Wildman–Crippen MR) is 94.9 cm³/mol. The zero-order valence-corrected chi connectivity index (χ0v) is 14.4. The molecule has 4 heteroatoms. The van der Waals surface area contributed by atoms with Crippen molar-refractivity contribution in [2.45, 2.75) is 51.9 Å². The Morgan fingerprint density at radius 2 is 1.88 bits per heavy atom. The molecular weight excluding hydrogens is 300 g/mol. The van der Waals surface area contributed by atoms with Crippen LogP contribution in [0, 0.1) is 5.92 Å². The van der Waals surface area contributed by atoms with Crippen LogP contribution in [-0.4, -0.2) is 22.5 Å². The minimum absolute atomic E-state index is 0.320. The summed E-state index contributed by atoms with van der Waals surface area (Å²) in [7, 11) is 0. The van der Waals surface area contributed by atoms with Gasteiger partial charge in [-0.25, -0.2) is 9.78 Å². The number of benzene rings is 1. The topological polar surface area (TPSA) is 55.0 Å². The maximum absolute atomic E-state index is 12.3. The first kappa shape index (κ1) is 16.7. The summed E-state index contributed by atoms with van der Waals surface area (Å²) < 4.78 is 5.21. The molecule has 1 aliphatic carbocycles. The molecule has 2 aromatic rings. The maximum Gasteiger partial charge on any atom is 0.358 e. The molecule has 24 heavy (non-hydrogen) atoms. The molecule has 1 heterocycles. The third-order valence-electron chi connectivity index (χ3n) is 4.76. The molecule has 1 aliphatic rings. The number of nitrogens with zero attached hydrogens (tertiary/aromatic N) is 1. The Morgan fingerprint density at radius 3 is 2.54 bits per heavy atom. The summed E-state index contributed by atoms with van der Waals surface area (Å²) in [6, 6.07) is 9.94. The van der Waals surface area contributed by atoms with Crippen molar-refractivity contribution < 1.29 is 9.53 Å². The van der Waals surface area contributed by atoms with Crippen LogP contribution in [0.15, 0.2) is 30.3 Å². The van der Waals surface area contributed by atoms with Gasteiger partial charge in [0.15, 0.2) is 5.69 Å². The number of imidazole rings is 1. The SMILES string of the molecule is CCOC(=O)c1nc(-c2ccccc2)[nH]c1CC1CCCCCC1. The number of hydrogen-bond acceptors (Lipinski definition) is 3. The number of esters is 1. The monoisotopic (exact) mass is 326 g/mol. The fraction of sp³-hybridized carbons (Fsp3) is 0.500. The van der Waals surface area contributed by atoms with Gasteiger partial charge in [-0.05, 0) is 19.3 Å². The van der Waals surface area contributed by atoms with Crippen LogP contribution in [0.1, 0.15) is 61.6 Å². The maximum atomic E-state index is 12.3. The van der Waals surface area contributed by atoms with Crippen LogP contribution in [-0.2, 0) is 11.2 Å². The van der Waals surface area contributed by atoms with Gasteiger partial charge >= 0.3 is 5.97 Å². The fourth-order valence-corrected chi connectivity index (χ4v) is 3.51. The van der Waals surface area contributed by atoms with E-state index < -0.39 is 0 Å². The van der Waals surface area contributed by atoms with Gasteiger partial charge in [-0.2, -0.15) is 0 Å². The molecule has 4 nitrogen and oxygen atoms in total. The first-order chi connectivity index (χ1) is 11.8. The second-order valence-electron chi connectivity index (χ2n) is 6.56. The van der Waals surface area contributed by atoms with E-state index in [1.807, 2.05) is 37.3 Å². The minimum Gasteiger partial charge on any atom is -0.461 e. The zero-order chi connectivity index (χ0) is 16.8. The van der Waals surface area contributed by atoms with Gasteiger partial charge in [0.25, 0.3) is 0 Å². The molecule has 3 rings (SSSR count). The Morgan fingerprint density at radius 1 is 1.17 bits per heavy atom. The number of aromatic nitrogens is 2. The van der Waals surface area contributed by atoms with E-state index in [1.54, 1.807) is 0 Å². The molecule has 1 aromatic heterocycles. The van der Waals surface area contributed by atoms with Crippen molar-refractivity contribution in [3.05, 3.63) is 41.7 Å². The number of nitrogens with one attached hydrogen (secondary N) is 1. The normalized spacial score (nSPS) is 15.9. The van der Waals surface area contributed by atoms with E-state index in [4.69, 9.17) is 4.74 Å². The van der Waals surface area contributed by atoms with E-state index in [9.17, 15) is 4.79 Å². The van der Waals surface area contributed by atoms with Crippen LogP contribution in [0.25, 0.3) is 11.4 Å². The van der Waals surface area contributed by atoms with Crippen molar-refractivity contribution in [3.8, 4) is 11.4 Å². The van der Waals surface area contributed by atoms with Crippen LogP contribution in [0.4, 0.5) is 0 Å². The summed E-state index contributed by atoms with van der Waals surface area (Å²) in [6.45, 7) is 2.20. The molecule has 1 N–H and O–H groups in total. The van der Waals surface area contributed by atoms with Crippen molar-refractivity contribution in [2.24, 2.45) is 5.92 Å². The standard InChI is InChI=1S/C20H26N2O2/c1-2-24-20(23)18-17(14-15-10-6-3-4-7-11-15)21-19(22-18)16-12-8-5-9-13-16/h5,8-9,12-13,15H,2-4,6-7,10-11,14H2,1H3,(H,21,22). The quantitative estimate of drug-likeness (QED) is 0.636. The third-order valence-corrected chi connectivity index (χ3v) is 4.76. The average molecular weight is 326 g/mol. The Balaban J connectivity index is 1.87. The summed E-state index contributed by atoms with van der Waals surface area (Å²) in [5.41, 5.74) is 2.38. The van der Waals surface area contributed by atoms with E-state index >= 15 is 0 Å². The van der Waals surface area contributed by atoms with Crippen LogP contribution in [0.3, 0.4) is 0 Å². The van der Waals surface area contributed by atoms with Crippen LogP contribution >= 0.6 is 0 Å². The average Bonchev–Trinajstić information content (AvgIpc) is 2.85. The van der Waals surface area contributed by atoms with E-state index in [0.29, 0.717) is 18.2 Å². The van der Waals surface area contributed by atoms with E-state index in [1.165, 1.54) is 38.5 Å².